The first-order chi connectivity index (χ1) is 16.1. The second kappa shape index (κ2) is 9.06. The molecule has 3 heterocycles. The lowest BCUT2D eigenvalue weighted by Crippen LogP contribution is -2.38. The van der Waals surface area contributed by atoms with Gasteiger partial charge in [0.05, 0.1) is 12.1 Å². The smallest absolute Gasteiger partial charge is 0.253 e. The number of pyridine rings is 1. The zero-order valence-corrected chi connectivity index (χ0v) is 19.4. The van der Waals surface area contributed by atoms with Crippen molar-refractivity contribution >= 4 is 17.3 Å². The van der Waals surface area contributed by atoms with E-state index >= 15 is 0 Å². The summed E-state index contributed by atoms with van der Waals surface area (Å²) in [4.78, 5) is 34.2. The van der Waals surface area contributed by atoms with E-state index in [1.807, 2.05) is 47.4 Å². The van der Waals surface area contributed by atoms with E-state index < -0.39 is 0 Å². The van der Waals surface area contributed by atoms with Gasteiger partial charge in [0.2, 0.25) is 0 Å². The van der Waals surface area contributed by atoms with Crippen LogP contribution in [0.4, 0.5) is 0 Å². The maximum absolute atomic E-state index is 13.1. The van der Waals surface area contributed by atoms with Crippen LogP contribution in [0.2, 0.25) is 0 Å². The molecule has 0 N–H and O–H groups in total. The largest absolute Gasteiger partial charge is 0.337 e. The molecule has 7 nitrogen and oxygen atoms in total. The van der Waals surface area contributed by atoms with Gasteiger partial charge in [-0.1, -0.05) is 32.0 Å². The van der Waals surface area contributed by atoms with Crippen molar-refractivity contribution in [1.82, 2.24) is 24.4 Å². The Morgan fingerprint density at radius 1 is 1.03 bits per heavy atom. The normalized spacial score (nSPS) is 18.4. The number of fused-ring (bicyclic) bond motifs is 1. The standard InChI is InChI=1S/C26H31N5O2/c1-3-29(4-2)21-14-15-30(17-21)26(33)20-12-8-18(9-13-20)22-6-5-7-25-27-24(28-31(22)25)16-23(32)19-10-11-19/h5-9,12-13,19,21H,3-4,10-11,14-17H2,1-2H3. The first kappa shape index (κ1) is 21.8. The summed E-state index contributed by atoms with van der Waals surface area (Å²) in [5.41, 5.74) is 3.29. The van der Waals surface area contributed by atoms with Gasteiger partial charge in [-0.2, -0.15) is 5.10 Å². The number of carbonyl (C=O) groups excluding carboxylic acids is 2. The van der Waals surface area contributed by atoms with Crippen molar-refractivity contribution in [2.75, 3.05) is 26.2 Å². The van der Waals surface area contributed by atoms with Gasteiger partial charge in [0.1, 0.15) is 5.78 Å². The summed E-state index contributed by atoms with van der Waals surface area (Å²) in [5.74, 6) is 1.11. The summed E-state index contributed by atoms with van der Waals surface area (Å²) in [6, 6.07) is 14.0. The number of amides is 1. The molecule has 0 radical (unpaired) electrons. The first-order valence-corrected chi connectivity index (χ1v) is 12.1. The van der Waals surface area contributed by atoms with Crippen LogP contribution in [0.1, 0.15) is 49.3 Å². The number of rotatable bonds is 8. The number of hydrogen-bond donors (Lipinski definition) is 0. The summed E-state index contributed by atoms with van der Waals surface area (Å²) in [6.07, 6.45) is 3.32. The maximum Gasteiger partial charge on any atom is 0.253 e. The Kier molecular flexibility index (Phi) is 5.98. The highest BCUT2D eigenvalue weighted by atomic mass is 16.2. The number of likely N-dealkylation sites (N-methyl/N-ethyl adjacent to an activating group) is 1. The second-order valence-corrected chi connectivity index (χ2v) is 9.12. The van der Waals surface area contributed by atoms with Crippen molar-refractivity contribution < 1.29 is 9.59 Å². The molecular formula is C26H31N5O2. The van der Waals surface area contributed by atoms with Crippen LogP contribution < -0.4 is 0 Å². The molecule has 1 unspecified atom stereocenters. The van der Waals surface area contributed by atoms with E-state index in [-0.39, 0.29) is 17.6 Å². The van der Waals surface area contributed by atoms with E-state index in [9.17, 15) is 9.59 Å². The fourth-order valence-corrected chi connectivity index (χ4v) is 4.88. The van der Waals surface area contributed by atoms with Crippen LogP contribution in [0.5, 0.6) is 0 Å². The van der Waals surface area contributed by atoms with Gasteiger partial charge < -0.3 is 4.90 Å². The van der Waals surface area contributed by atoms with Gasteiger partial charge in [-0.05, 0) is 56.6 Å². The Hall–Kier alpha value is -3.06. The molecule has 1 saturated carbocycles. The van der Waals surface area contributed by atoms with Crippen molar-refractivity contribution in [3.8, 4) is 11.3 Å². The number of carbonyl (C=O) groups is 2. The number of nitrogens with zero attached hydrogens (tertiary/aromatic N) is 5. The SMILES string of the molecule is CCN(CC)C1CCN(C(=O)c2ccc(-c3cccc4nc(CC(=O)C5CC5)nn34)cc2)C1. The molecule has 1 aliphatic heterocycles. The molecule has 7 heteroatoms. The molecule has 5 rings (SSSR count). The molecule has 1 atom stereocenters. The summed E-state index contributed by atoms with van der Waals surface area (Å²) in [5, 5.41) is 4.61. The molecule has 1 saturated heterocycles. The first-order valence-electron chi connectivity index (χ1n) is 12.1. The Balaban J connectivity index is 1.32. The molecule has 172 valence electrons. The summed E-state index contributed by atoms with van der Waals surface area (Å²) < 4.78 is 1.79. The van der Waals surface area contributed by atoms with Crippen molar-refractivity contribution in [2.24, 2.45) is 5.92 Å². The molecule has 1 aromatic carbocycles. The Morgan fingerprint density at radius 3 is 2.48 bits per heavy atom. The molecule has 1 amide bonds. The monoisotopic (exact) mass is 445 g/mol. The quantitative estimate of drug-likeness (QED) is 0.531. The lowest BCUT2D eigenvalue weighted by atomic mass is 10.1. The van der Waals surface area contributed by atoms with Gasteiger partial charge in [0.25, 0.3) is 5.91 Å². The van der Waals surface area contributed by atoms with Crippen LogP contribution in [0.25, 0.3) is 16.9 Å². The average Bonchev–Trinajstić information content (AvgIpc) is 3.44. The Morgan fingerprint density at radius 2 is 1.79 bits per heavy atom. The number of hydrogen-bond acceptors (Lipinski definition) is 5. The number of benzene rings is 1. The minimum absolute atomic E-state index is 0.0936. The zero-order valence-electron chi connectivity index (χ0n) is 19.4. The summed E-state index contributed by atoms with van der Waals surface area (Å²) in [6.45, 7) is 7.99. The highest BCUT2D eigenvalue weighted by Crippen LogP contribution is 2.31. The predicted molar refractivity (Wildman–Crippen MR) is 127 cm³/mol. The molecule has 2 aromatic heterocycles. The van der Waals surface area contributed by atoms with E-state index in [0.717, 1.165) is 62.3 Å². The van der Waals surface area contributed by atoms with Crippen molar-refractivity contribution in [3.63, 3.8) is 0 Å². The minimum atomic E-state index is 0.0936. The van der Waals surface area contributed by atoms with E-state index in [1.54, 1.807) is 4.52 Å². The maximum atomic E-state index is 13.1. The molecular weight excluding hydrogens is 414 g/mol. The topological polar surface area (TPSA) is 70.8 Å². The third-order valence-corrected chi connectivity index (χ3v) is 6.98. The number of likely N-dealkylation sites (tertiary alicyclic amines) is 1. The lowest BCUT2D eigenvalue weighted by Gasteiger charge is -2.26. The molecule has 1 aliphatic carbocycles. The van der Waals surface area contributed by atoms with Gasteiger partial charge >= 0.3 is 0 Å². The molecule has 0 spiro atoms. The minimum Gasteiger partial charge on any atom is -0.337 e. The number of Topliss-reactive ketones (excluding diaryl/α,β-unsaturated/α-hetero) is 1. The fraction of sp³-hybridized carbons (Fsp3) is 0.462. The van der Waals surface area contributed by atoms with Gasteiger partial charge in [0.15, 0.2) is 11.5 Å². The molecule has 33 heavy (non-hydrogen) atoms. The van der Waals surface area contributed by atoms with Crippen LogP contribution >= 0.6 is 0 Å². The van der Waals surface area contributed by atoms with Gasteiger partial charge in [-0.15, -0.1) is 0 Å². The highest BCUT2D eigenvalue weighted by Gasteiger charge is 2.31. The van der Waals surface area contributed by atoms with Crippen molar-refractivity contribution in [1.29, 1.82) is 0 Å². The molecule has 2 fully saturated rings. The molecule has 2 aliphatic rings. The number of aromatic nitrogens is 3. The van der Waals surface area contributed by atoms with E-state index in [2.05, 4.69) is 28.8 Å². The van der Waals surface area contributed by atoms with Crippen molar-refractivity contribution in [2.45, 2.75) is 45.6 Å². The van der Waals surface area contributed by atoms with Crippen LogP contribution in [-0.2, 0) is 11.2 Å². The second-order valence-electron chi connectivity index (χ2n) is 9.12. The lowest BCUT2D eigenvalue weighted by molar-refractivity contribution is -0.119. The van der Waals surface area contributed by atoms with Crippen LogP contribution in [0.15, 0.2) is 42.5 Å². The van der Waals surface area contributed by atoms with Gasteiger partial charge in [0, 0.05) is 36.2 Å². The molecule has 3 aromatic rings. The third-order valence-electron chi connectivity index (χ3n) is 6.98. The zero-order chi connectivity index (χ0) is 22.9. The summed E-state index contributed by atoms with van der Waals surface area (Å²) >= 11 is 0. The van der Waals surface area contributed by atoms with Crippen LogP contribution in [0, 0.1) is 5.92 Å². The highest BCUT2D eigenvalue weighted by molar-refractivity contribution is 5.95. The number of ketones is 1. The Bertz CT molecular complexity index is 1160. The summed E-state index contributed by atoms with van der Waals surface area (Å²) in [7, 11) is 0. The third kappa shape index (κ3) is 4.42. The van der Waals surface area contributed by atoms with Gasteiger partial charge in [-0.25, -0.2) is 9.50 Å². The Labute approximate surface area is 194 Å². The fourth-order valence-electron chi connectivity index (χ4n) is 4.88. The van der Waals surface area contributed by atoms with Crippen molar-refractivity contribution in [3.05, 3.63) is 53.9 Å². The predicted octanol–water partition coefficient (Wildman–Crippen LogP) is 3.47. The van der Waals surface area contributed by atoms with Gasteiger partial charge in [-0.3, -0.25) is 14.5 Å². The van der Waals surface area contributed by atoms with E-state index in [4.69, 9.17) is 0 Å². The van der Waals surface area contributed by atoms with E-state index in [1.165, 1.54) is 0 Å². The van der Waals surface area contributed by atoms with E-state index in [0.29, 0.717) is 23.9 Å². The average molecular weight is 446 g/mol. The van der Waals surface area contributed by atoms with Crippen LogP contribution in [0.3, 0.4) is 0 Å². The molecule has 0 bridgehead atoms. The van der Waals surface area contributed by atoms with Crippen LogP contribution in [-0.4, -0.2) is 68.3 Å².